The van der Waals surface area contributed by atoms with Crippen LogP contribution in [-0.2, 0) is 12.0 Å². The molecule has 36 heavy (non-hydrogen) atoms. The summed E-state index contributed by atoms with van der Waals surface area (Å²) in [6.07, 6.45) is 0.516. The predicted molar refractivity (Wildman–Crippen MR) is 144 cm³/mol. The maximum absolute atomic E-state index is 12.9. The van der Waals surface area contributed by atoms with Crippen molar-refractivity contribution >= 4 is 17.5 Å². The van der Waals surface area contributed by atoms with Gasteiger partial charge in [-0.25, -0.2) is 9.99 Å². The number of amides is 1. The van der Waals surface area contributed by atoms with Crippen molar-refractivity contribution in [2.24, 2.45) is 0 Å². The number of hydrazine groups is 1. The van der Waals surface area contributed by atoms with Crippen molar-refractivity contribution < 1.29 is 14.6 Å². The Bertz CT molecular complexity index is 1170. The highest BCUT2D eigenvalue weighted by molar-refractivity contribution is 6.32. The quantitative estimate of drug-likeness (QED) is 0.305. The number of carbonyl (C=O) groups is 1. The Labute approximate surface area is 218 Å². The fourth-order valence-corrected chi connectivity index (χ4v) is 3.95. The van der Waals surface area contributed by atoms with Gasteiger partial charge in [-0.15, -0.1) is 0 Å². The Morgan fingerprint density at radius 1 is 1.19 bits per heavy atom. The van der Waals surface area contributed by atoms with Crippen LogP contribution in [0.25, 0.3) is 11.3 Å². The first-order chi connectivity index (χ1) is 17.0. The third-order valence-electron chi connectivity index (χ3n) is 5.60. The highest BCUT2D eigenvalue weighted by Crippen LogP contribution is 2.28. The second-order valence-electron chi connectivity index (χ2n) is 10.3. The Balaban J connectivity index is 1.72. The van der Waals surface area contributed by atoms with E-state index in [-0.39, 0.29) is 24.0 Å². The second kappa shape index (κ2) is 11.9. The number of rotatable bonds is 10. The molecule has 0 saturated heterocycles. The zero-order chi connectivity index (χ0) is 26.5. The molecule has 0 radical (unpaired) electrons. The summed E-state index contributed by atoms with van der Waals surface area (Å²) in [7, 11) is 0. The maximum atomic E-state index is 12.9. The lowest BCUT2D eigenvalue weighted by molar-refractivity contribution is 0.0758. The fourth-order valence-electron chi connectivity index (χ4n) is 3.72. The summed E-state index contributed by atoms with van der Waals surface area (Å²) in [5.41, 5.74) is 7.37. The number of aromatic nitrogens is 2. The highest BCUT2D eigenvalue weighted by Gasteiger charge is 2.20. The first-order valence-electron chi connectivity index (χ1n) is 12.3. The first-order valence-corrected chi connectivity index (χ1v) is 12.6. The smallest absolute Gasteiger partial charge is 0.265 e. The molecule has 0 atom stereocenters. The van der Waals surface area contributed by atoms with E-state index in [1.807, 2.05) is 45.0 Å². The van der Waals surface area contributed by atoms with Gasteiger partial charge in [0.15, 0.2) is 0 Å². The van der Waals surface area contributed by atoms with E-state index in [1.54, 1.807) is 23.2 Å². The number of aliphatic hydroxyl groups is 1. The maximum Gasteiger partial charge on any atom is 0.265 e. The van der Waals surface area contributed by atoms with Gasteiger partial charge in [-0.1, -0.05) is 56.6 Å². The van der Waals surface area contributed by atoms with Gasteiger partial charge in [-0.3, -0.25) is 10.2 Å². The molecule has 0 aliphatic carbocycles. The Hall–Kier alpha value is -2.87. The van der Waals surface area contributed by atoms with Crippen LogP contribution in [0.3, 0.4) is 0 Å². The molecule has 0 aliphatic heterocycles. The van der Waals surface area contributed by atoms with Crippen LogP contribution in [0.1, 0.15) is 68.5 Å². The van der Waals surface area contributed by atoms with Gasteiger partial charge in [0, 0.05) is 41.9 Å². The topological polar surface area (TPSA) is 90.5 Å². The Kier molecular flexibility index (Phi) is 9.17. The summed E-state index contributed by atoms with van der Waals surface area (Å²) < 4.78 is 5.65. The number of aliphatic hydroxyl groups excluding tert-OH is 1. The summed E-state index contributed by atoms with van der Waals surface area (Å²) in [5, 5.41) is 11.5. The lowest BCUT2D eigenvalue weighted by atomic mass is 9.96. The molecule has 0 unspecified atom stereocenters. The van der Waals surface area contributed by atoms with E-state index >= 15 is 0 Å². The molecule has 0 aliphatic rings. The normalized spacial score (nSPS) is 11.8. The summed E-state index contributed by atoms with van der Waals surface area (Å²) >= 11 is 6.31. The Morgan fingerprint density at radius 3 is 2.44 bits per heavy atom. The summed E-state index contributed by atoms with van der Waals surface area (Å²) in [5.74, 6) is 1.23. The van der Waals surface area contributed by atoms with Crippen molar-refractivity contribution in [3.8, 4) is 17.0 Å². The van der Waals surface area contributed by atoms with E-state index in [9.17, 15) is 9.90 Å². The van der Waals surface area contributed by atoms with E-state index in [4.69, 9.17) is 21.3 Å². The molecule has 8 heteroatoms. The number of halogens is 1. The lowest BCUT2D eigenvalue weighted by Crippen LogP contribution is -2.42. The molecule has 0 bridgehead atoms. The number of aromatic amines is 1. The molecule has 2 aromatic carbocycles. The number of H-pyrrole nitrogens is 1. The van der Waals surface area contributed by atoms with Crippen molar-refractivity contribution in [3.05, 3.63) is 70.1 Å². The summed E-state index contributed by atoms with van der Waals surface area (Å²) in [4.78, 5) is 21.1. The van der Waals surface area contributed by atoms with E-state index in [0.717, 1.165) is 28.3 Å². The zero-order valence-electron chi connectivity index (χ0n) is 22.0. The van der Waals surface area contributed by atoms with Gasteiger partial charge in [-0.2, -0.15) is 0 Å². The zero-order valence-corrected chi connectivity index (χ0v) is 22.7. The average molecular weight is 513 g/mol. The van der Waals surface area contributed by atoms with Gasteiger partial charge in [0.1, 0.15) is 11.6 Å². The molecule has 0 fully saturated rings. The standard InChI is InChI=1S/C28H37ClN4O3/c1-18(2)36-24-13-12-22(16-23(24)29)26(35)32-33(14-7-15-34)17-20-8-10-21(11-9-20)25-19(3)30-27(31-25)28(4,5)6/h8-13,16,18,34H,7,14-15,17H2,1-6H3,(H,30,31)(H,32,35). The molecule has 194 valence electrons. The minimum atomic E-state index is -0.274. The summed E-state index contributed by atoms with van der Waals surface area (Å²) in [6, 6.07) is 13.2. The molecular weight excluding hydrogens is 476 g/mol. The number of benzene rings is 2. The van der Waals surface area contributed by atoms with Gasteiger partial charge < -0.3 is 14.8 Å². The van der Waals surface area contributed by atoms with Crippen LogP contribution in [0.2, 0.25) is 5.02 Å². The van der Waals surface area contributed by atoms with Crippen molar-refractivity contribution in [2.75, 3.05) is 13.2 Å². The van der Waals surface area contributed by atoms with Gasteiger partial charge in [0.05, 0.1) is 16.8 Å². The molecule has 3 N–H and O–H groups in total. The Morgan fingerprint density at radius 2 is 1.89 bits per heavy atom. The van der Waals surface area contributed by atoms with Gasteiger partial charge in [0.2, 0.25) is 0 Å². The second-order valence-corrected chi connectivity index (χ2v) is 10.7. The highest BCUT2D eigenvalue weighted by atomic mass is 35.5. The fraction of sp³-hybridized carbons (Fsp3) is 0.429. The SMILES string of the molecule is Cc1[nH]c(C(C)(C)C)nc1-c1ccc(CN(CCCO)NC(=O)c2ccc(OC(C)C)c(Cl)c2)cc1. The predicted octanol–water partition coefficient (Wildman–Crippen LogP) is 5.65. The van der Waals surface area contributed by atoms with E-state index in [0.29, 0.717) is 35.8 Å². The van der Waals surface area contributed by atoms with Crippen LogP contribution in [0.15, 0.2) is 42.5 Å². The van der Waals surface area contributed by atoms with Crippen LogP contribution >= 0.6 is 11.6 Å². The molecule has 3 aromatic rings. The number of aryl methyl sites for hydroxylation is 1. The largest absolute Gasteiger partial charge is 0.489 e. The third kappa shape index (κ3) is 7.32. The van der Waals surface area contributed by atoms with Crippen LogP contribution in [0.4, 0.5) is 0 Å². The van der Waals surface area contributed by atoms with Crippen LogP contribution in [0.5, 0.6) is 5.75 Å². The van der Waals surface area contributed by atoms with Crippen LogP contribution < -0.4 is 10.2 Å². The number of nitrogens with one attached hydrogen (secondary N) is 2. The molecule has 1 aromatic heterocycles. The van der Waals surface area contributed by atoms with Crippen molar-refractivity contribution in [1.29, 1.82) is 0 Å². The minimum Gasteiger partial charge on any atom is -0.489 e. The number of imidazole rings is 1. The van der Waals surface area contributed by atoms with E-state index in [2.05, 4.69) is 31.2 Å². The molecule has 0 spiro atoms. The molecule has 1 amide bonds. The van der Waals surface area contributed by atoms with Crippen LogP contribution in [-0.4, -0.2) is 45.2 Å². The molecular formula is C28H37ClN4O3. The number of hydrogen-bond acceptors (Lipinski definition) is 5. The molecule has 0 saturated carbocycles. The molecule has 3 rings (SSSR count). The van der Waals surface area contributed by atoms with E-state index < -0.39 is 0 Å². The van der Waals surface area contributed by atoms with Gasteiger partial charge >= 0.3 is 0 Å². The monoisotopic (exact) mass is 512 g/mol. The van der Waals surface area contributed by atoms with Crippen molar-refractivity contribution in [2.45, 2.75) is 66.0 Å². The van der Waals surface area contributed by atoms with Crippen LogP contribution in [0, 0.1) is 6.92 Å². The lowest BCUT2D eigenvalue weighted by Gasteiger charge is -2.23. The number of nitrogens with zero attached hydrogens (tertiary/aromatic N) is 2. The van der Waals surface area contributed by atoms with E-state index in [1.165, 1.54) is 0 Å². The number of carbonyl (C=O) groups excluding carboxylic acids is 1. The van der Waals surface area contributed by atoms with Gasteiger partial charge in [0.25, 0.3) is 5.91 Å². The molecule has 1 heterocycles. The number of ether oxygens (including phenoxy) is 1. The number of hydrogen-bond donors (Lipinski definition) is 3. The van der Waals surface area contributed by atoms with Crippen molar-refractivity contribution in [1.82, 2.24) is 20.4 Å². The third-order valence-corrected chi connectivity index (χ3v) is 5.89. The average Bonchev–Trinajstić information content (AvgIpc) is 3.21. The summed E-state index contributed by atoms with van der Waals surface area (Å²) in [6.45, 7) is 13.3. The molecule has 7 nitrogen and oxygen atoms in total. The minimum absolute atomic E-state index is 0.0139. The van der Waals surface area contributed by atoms with Gasteiger partial charge in [-0.05, 0) is 51.0 Å². The first kappa shape index (κ1) is 27.7. The van der Waals surface area contributed by atoms with Crippen molar-refractivity contribution in [3.63, 3.8) is 0 Å².